The second-order valence-corrected chi connectivity index (χ2v) is 15.1. The molecule has 0 unspecified atom stereocenters. The first-order valence-corrected chi connectivity index (χ1v) is 17.4. The molecule has 3 aromatic rings. The second kappa shape index (κ2) is 11.0. The van der Waals surface area contributed by atoms with Crippen molar-refractivity contribution >= 4 is 22.5 Å². The van der Waals surface area contributed by atoms with Gasteiger partial charge in [0.25, 0.3) is 0 Å². The van der Waals surface area contributed by atoms with Gasteiger partial charge in [0.1, 0.15) is 34.3 Å². The monoisotopic (exact) mass is 684 g/mol. The first kappa shape index (κ1) is 31.4. The van der Waals surface area contributed by atoms with Crippen LogP contribution in [0.2, 0.25) is 0 Å². The number of nitrogens with two attached hydrogens (primary N) is 1. The van der Waals surface area contributed by atoms with E-state index in [4.69, 9.17) is 24.9 Å². The summed E-state index contributed by atoms with van der Waals surface area (Å²) in [5, 5.41) is 3.88. The fraction of sp³-hybridized carbons (Fsp3) is 0.647. The molecule has 8 heterocycles. The van der Waals surface area contributed by atoms with Crippen LogP contribution in [0.3, 0.4) is 0 Å². The molecule has 0 aromatic carbocycles. The van der Waals surface area contributed by atoms with Gasteiger partial charge in [0.05, 0.1) is 29.5 Å². The number of likely N-dealkylation sites (tertiary alicyclic amines) is 1. The van der Waals surface area contributed by atoms with E-state index in [1.54, 1.807) is 0 Å². The Morgan fingerprint density at radius 2 is 1.92 bits per heavy atom. The Morgan fingerprint density at radius 1 is 1.10 bits per heavy atom. The van der Waals surface area contributed by atoms with Crippen molar-refractivity contribution in [3.8, 4) is 23.1 Å². The molecule has 5 fully saturated rings. The van der Waals surface area contributed by atoms with Crippen molar-refractivity contribution in [2.45, 2.75) is 94.8 Å². The average molecular weight is 685 g/mol. The minimum Gasteiger partial charge on any atom is -0.472 e. The smallest absolute Gasteiger partial charge is 0.418 e. The molecule has 49 heavy (non-hydrogen) atoms. The molecule has 262 valence electrons. The van der Waals surface area contributed by atoms with Gasteiger partial charge in [-0.05, 0) is 64.9 Å². The largest absolute Gasteiger partial charge is 0.472 e. The fourth-order valence-corrected chi connectivity index (χ4v) is 9.03. The quantitative estimate of drug-likeness (QED) is 0.353. The fourth-order valence-electron chi connectivity index (χ4n) is 9.03. The summed E-state index contributed by atoms with van der Waals surface area (Å²) >= 11 is 0. The van der Waals surface area contributed by atoms with Crippen molar-refractivity contribution in [2.24, 2.45) is 5.41 Å². The zero-order valence-electron chi connectivity index (χ0n) is 27.6. The molecular weight excluding hydrogens is 644 g/mol. The van der Waals surface area contributed by atoms with Gasteiger partial charge in [-0.15, -0.1) is 0 Å². The zero-order chi connectivity index (χ0) is 33.9. The van der Waals surface area contributed by atoms with Crippen LogP contribution in [0, 0.1) is 18.2 Å². The number of nitrogens with zero attached hydrogens (tertiary/aromatic N) is 6. The van der Waals surface area contributed by atoms with Crippen LogP contribution in [0.25, 0.3) is 22.2 Å². The van der Waals surface area contributed by atoms with Crippen LogP contribution in [0.15, 0.2) is 6.07 Å². The molecule has 3 aromatic heterocycles. The standard InChI is InChI=1S/C34H40F4N8O3/c1-17-24(34(36,37)38)20(11-22(39)40-17)26-25(35)27-23-29(46-12-19-5-6-21(41-19)28(46)18(2)49-30(23)42-26)44-31(43-27)47-16-32(8-9-32)13-45-14-33(15-45)7-3-4-10-48-33/h11,18-19,21,28,41H,3-10,12-16H2,1-2H3,(H2,39,40)/t18-,19+,21-,28+/m0/s1. The normalized spacial score (nSPS) is 28.2. The number of hydrogen-bond donors (Lipinski definition) is 2. The molecule has 9 rings (SSSR count). The third-order valence-electron chi connectivity index (χ3n) is 11.5. The van der Waals surface area contributed by atoms with E-state index in [9.17, 15) is 13.2 Å². The Hall–Kier alpha value is -3.56. The zero-order valence-corrected chi connectivity index (χ0v) is 27.6. The molecule has 11 nitrogen and oxygen atoms in total. The first-order chi connectivity index (χ1) is 23.4. The van der Waals surface area contributed by atoms with E-state index in [-0.39, 0.29) is 63.4 Å². The summed E-state index contributed by atoms with van der Waals surface area (Å²) in [4.78, 5) is 22.2. The molecular formula is C34H40F4N8O3. The molecule has 6 aliphatic rings. The highest BCUT2D eigenvalue weighted by atomic mass is 19.4. The van der Waals surface area contributed by atoms with E-state index >= 15 is 4.39 Å². The van der Waals surface area contributed by atoms with Crippen molar-refractivity contribution in [3.05, 3.63) is 23.1 Å². The van der Waals surface area contributed by atoms with Gasteiger partial charge in [-0.25, -0.2) is 14.4 Å². The minimum absolute atomic E-state index is 0.0126. The van der Waals surface area contributed by atoms with Gasteiger partial charge in [-0.2, -0.15) is 23.1 Å². The van der Waals surface area contributed by atoms with Crippen LogP contribution in [0.5, 0.6) is 11.9 Å². The molecule has 15 heteroatoms. The number of alkyl halides is 3. The predicted octanol–water partition coefficient (Wildman–Crippen LogP) is 4.64. The van der Waals surface area contributed by atoms with Gasteiger partial charge in [-0.3, -0.25) is 4.90 Å². The number of aromatic nitrogens is 4. The summed E-state index contributed by atoms with van der Waals surface area (Å²) in [6.45, 7) is 7.55. The third-order valence-corrected chi connectivity index (χ3v) is 11.5. The van der Waals surface area contributed by atoms with Crippen LogP contribution in [-0.4, -0.2) is 94.1 Å². The number of hydrogen-bond acceptors (Lipinski definition) is 11. The van der Waals surface area contributed by atoms with Gasteiger partial charge in [0.15, 0.2) is 5.82 Å². The Kier molecular flexibility index (Phi) is 7.03. The van der Waals surface area contributed by atoms with E-state index in [1.807, 2.05) is 6.92 Å². The van der Waals surface area contributed by atoms with Crippen molar-refractivity contribution in [3.63, 3.8) is 0 Å². The average Bonchev–Trinajstić information content (AvgIpc) is 3.73. The van der Waals surface area contributed by atoms with Gasteiger partial charge in [-0.1, -0.05) is 0 Å². The number of rotatable bonds is 6. The summed E-state index contributed by atoms with van der Waals surface area (Å²) in [7, 11) is 0. The minimum atomic E-state index is -4.85. The summed E-state index contributed by atoms with van der Waals surface area (Å²) in [5.41, 5.74) is 3.03. The Labute approximate surface area is 280 Å². The Bertz CT molecular complexity index is 1820. The number of anilines is 2. The topological polar surface area (TPSA) is 124 Å². The number of nitrogens with one attached hydrogen (secondary N) is 1. The Balaban J connectivity index is 1.12. The molecule has 4 saturated heterocycles. The van der Waals surface area contributed by atoms with Crippen molar-refractivity contribution in [1.29, 1.82) is 0 Å². The molecule has 0 amide bonds. The number of ether oxygens (including phenoxy) is 3. The van der Waals surface area contributed by atoms with Gasteiger partial charge >= 0.3 is 12.2 Å². The molecule has 1 saturated carbocycles. The highest BCUT2D eigenvalue weighted by Gasteiger charge is 2.52. The lowest BCUT2D eigenvalue weighted by Gasteiger charge is -2.52. The predicted molar refractivity (Wildman–Crippen MR) is 172 cm³/mol. The van der Waals surface area contributed by atoms with Crippen LogP contribution in [-0.2, 0) is 10.9 Å². The van der Waals surface area contributed by atoms with Crippen LogP contribution >= 0.6 is 0 Å². The Morgan fingerprint density at radius 3 is 2.65 bits per heavy atom. The number of piperazine rings is 1. The number of halogens is 4. The summed E-state index contributed by atoms with van der Waals surface area (Å²) < 4.78 is 79.0. The first-order valence-electron chi connectivity index (χ1n) is 17.4. The lowest BCUT2D eigenvalue weighted by molar-refractivity contribution is -0.170. The van der Waals surface area contributed by atoms with Crippen LogP contribution in [0.1, 0.15) is 63.1 Å². The highest BCUT2D eigenvalue weighted by Crippen LogP contribution is 2.50. The number of pyridine rings is 2. The SMILES string of the molecule is Cc1nc(N)cc(-c2nc3c4c(nc(OCC5(CN6CC7(CCCCO7)C6)CC5)nc4c2F)N2C[C@H]4CC[C@H](N4)[C@H]2[C@H](C)O3)c1C(F)(F)F. The molecule has 1 spiro atoms. The van der Waals surface area contributed by atoms with E-state index < -0.39 is 34.9 Å². The van der Waals surface area contributed by atoms with Gasteiger partial charge in [0, 0.05) is 55.8 Å². The highest BCUT2D eigenvalue weighted by molar-refractivity contribution is 5.97. The molecule has 1 aliphatic carbocycles. The number of nitrogen functional groups attached to an aromatic ring is 1. The van der Waals surface area contributed by atoms with E-state index in [1.165, 1.54) is 13.3 Å². The molecule has 5 aliphatic heterocycles. The van der Waals surface area contributed by atoms with Crippen molar-refractivity contribution in [1.82, 2.24) is 30.2 Å². The van der Waals surface area contributed by atoms with E-state index in [2.05, 4.69) is 30.1 Å². The maximum absolute atomic E-state index is 16.9. The molecule has 3 N–H and O–H groups in total. The molecule has 0 radical (unpaired) electrons. The molecule has 4 atom stereocenters. The van der Waals surface area contributed by atoms with E-state index in [0.29, 0.717) is 19.0 Å². The van der Waals surface area contributed by atoms with E-state index in [0.717, 1.165) is 70.8 Å². The summed E-state index contributed by atoms with van der Waals surface area (Å²) in [6, 6.07) is 1.10. The van der Waals surface area contributed by atoms with Gasteiger partial charge in [0.2, 0.25) is 5.88 Å². The summed E-state index contributed by atoms with van der Waals surface area (Å²) in [6.07, 6.45) is 2.00. The van der Waals surface area contributed by atoms with Crippen molar-refractivity contribution < 1.29 is 31.8 Å². The second-order valence-electron chi connectivity index (χ2n) is 15.1. The number of fused-ring (bicyclic) bond motifs is 5. The maximum Gasteiger partial charge on any atom is 0.418 e. The van der Waals surface area contributed by atoms with Crippen LogP contribution < -0.4 is 25.4 Å². The lowest BCUT2D eigenvalue weighted by atomic mass is 9.85. The van der Waals surface area contributed by atoms with Crippen molar-refractivity contribution in [2.75, 3.05) is 50.0 Å². The van der Waals surface area contributed by atoms with Gasteiger partial charge < -0.3 is 30.2 Å². The third kappa shape index (κ3) is 5.25. The van der Waals surface area contributed by atoms with Crippen LogP contribution in [0.4, 0.5) is 29.2 Å². The number of aryl methyl sites for hydroxylation is 1. The lowest BCUT2D eigenvalue weighted by Crippen LogP contribution is -2.65. The summed E-state index contributed by atoms with van der Waals surface area (Å²) in [5.74, 6) is -0.824. The molecule has 2 bridgehead atoms. The maximum atomic E-state index is 16.9.